The Bertz CT molecular complexity index is 629. The first kappa shape index (κ1) is 15.3. The molecule has 0 radical (unpaired) electrons. The van der Waals surface area contributed by atoms with Gasteiger partial charge in [-0.3, -0.25) is 0 Å². The van der Waals surface area contributed by atoms with Crippen molar-refractivity contribution in [2.75, 3.05) is 11.9 Å². The second-order valence-corrected chi connectivity index (χ2v) is 5.95. The minimum Gasteiger partial charge on any atom is -0.370 e. The number of benzene rings is 1. The quantitative estimate of drug-likeness (QED) is 0.839. The van der Waals surface area contributed by atoms with E-state index in [1.807, 2.05) is 32.0 Å². The van der Waals surface area contributed by atoms with Crippen molar-refractivity contribution in [2.45, 2.75) is 27.2 Å². The molecule has 106 valence electrons. The van der Waals surface area contributed by atoms with Gasteiger partial charge in [0.2, 0.25) is 0 Å². The number of rotatable bonds is 4. The van der Waals surface area contributed by atoms with E-state index in [-0.39, 0.29) is 0 Å². The molecule has 2 rings (SSSR count). The Labute approximate surface area is 132 Å². The van der Waals surface area contributed by atoms with Gasteiger partial charge in [0.15, 0.2) is 5.82 Å². The number of hydrogen-bond donors (Lipinski definition) is 1. The molecular formula is C15H17BrClN3. The molecule has 2 aromatic rings. The highest BCUT2D eigenvalue weighted by Crippen LogP contribution is 2.30. The summed E-state index contributed by atoms with van der Waals surface area (Å²) in [5.74, 6) is 1.60. The van der Waals surface area contributed by atoms with E-state index in [9.17, 15) is 0 Å². The van der Waals surface area contributed by atoms with Crippen molar-refractivity contribution >= 4 is 33.3 Å². The van der Waals surface area contributed by atoms with Crippen molar-refractivity contribution < 1.29 is 0 Å². The average molecular weight is 355 g/mol. The highest BCUT2D eigenvalue weighted by atomic mass is 79.9. The van der Waals surface area contributed by atoms with Crippen LogP contribution < -0.4 is 5.32 Å². The van der Waals surface area contributed by atoms with Crippen LogP contribution in [0.25, 0.3) is 11.4 Å². The van der Waals surface area contributed by atoms with Crippen LogP contribution in [0.2, 0.25) is 5.02 Å². The van der Waals surface area contributed by atoms with Crippen LogP contribution >= 0.6 is 27.5 Å². The molecule has 0 amide bonds. The molecule has 0 fully saturated rings. The lowest BCUT2D eigenvalue weighted by molar-refractivity contribution is 0.954. The zero-order valence-electron chi connectivity index (χ0n) is 11.8. The molecule has 0 bridgehead atoms. The lowest BCUT2D eigenvalue weighted by atomic mass is 10.2. The summed E-state index contributed by atoms with van der Waals surface area (Å²) in [5, 5.41) is 4.04. The molecule has 0 unspecified atom stereocenters. The summed E-state index contributed by atoms with van der Waals surface area (Å²) in [7, 11) is 0. The average Bonchev–Trinajstić information content (AvgIpc) is 2.40. The molecule has 0 aliphatic heterocycles. The molecule has 0 spiro atoms. The van der Waals surface area contributed by atoms with Gasteiger partial charge in [-0.2, -0.15) is 0 Å². The van der Waals surface area contributed by atoms with E-state index in [0.29, 0.717) is 10.8 Å². The molecule has 0 aliphatic rings. The lowest BCUT2D eigenvalue weighted by Crippen LogP contribution is -2.07. The van der Waals surface area contributed by atoms with Crippen molar-refractivity contribution in [3.05, 3.63) is 39.0 Å². The van der Waals surface area contributed by atoms with E-state index >= 15 is 0 Å². The lowest BCUT2D eigenvalue weighted by Gasteiger charge is -2.12. The summed E-state index contributed by atoms with van der Waals surface area (Å²) >= 11 is 9.50. The standard InChI is InChI=1S/C15H17BrClN3/c1-4-7-18-14-9(2)10(3)19-15(20-14)12-6-5-11(17)8-13(12)16/h5-6,8H,4,7H2,1-3H3,(H,18,19,20). The van der Waals surface area contributed by atoms with Crippen LogP contribution in [-0.2, 0) is 0 Å². The Morgan fingerprint density at radius 1 is 1.25 bits per heavy atom. The van der Waals surface area contributed by atoms with Crippen LogP contribution in [-0.4, -0.2) is 16.5 Å². The molecule has 3 nitrogen and oxygen atoms in total. The van der Waals surface area contributed by atoms with E-state index in [2.05, 4.69) is 38.1 Å². The van der Waals surface area contributed by atoms with E-state index in [4.69, 9.17) is 11.6 Å². The fraction of sp³-hybridized carbons (Fsp3) is 0.333. The second kappa shape index (κ2) is 6.55. The van der Waals surface area contributed by atoms with Crippen molar-refractivity contribution in [3.63, 3.8) is 0 Å². The zero-order valence-corrected chi connectivity index (χ0v) is 14.1. The predicted molar refractivity (Wildman–Crippen MR) is 88.4 cm³/mol. The van der Waals surface area contributed by atoms with Crippen LogP contribution in [0.5, 0.6) is 0 Å². The van der Waals surface area contributed by atoms with Crippen molar-refractivity contribution in [3.8, 4) is 11.4 Å². The summed E-state index contributed by atoms with van der Waals surface area (Å²) in [4.78, 5) is 9.21. The predicted octanol–water partition coefficient (Wildman–Crippen LogP) is 5.00. The van der Waals surface area contributed by atoms with Crippen LogP contribution in [0.3, 0.4) is 0 Å². The van der Waals surface area contributed by atoms with Gasteiger partial charge in [0.05, 0.1) is 0 Å². The Balaban J connectivity index is 2.48. The fourth-order valence-corrected chi connectivity index (χ4v) is 2.70. The molecular weight excluding hydrogens is 338 g/mol. The number of nitrogens with one attached hydrogen (secondary N) is 1. The fourth-order valence-electron chi connectivity index (χ4n) is 1.84. The van der Waals surface area contributed by atoms with Gasteiger partial charge in [-0.1, -0.05) is 18.5 Å². The molecule has 0 saturated heterocycles. The summed E-state index contributed by atoms with van der Waals surface area (Å²) in [5.41, 5.74) is 3.01. The minimum atomic E-state index is 0.689. The Morgan fingerprint density at radius 3 is 2.65 bits per heavy atom. The minimum absolute atomic E-state index is 0.689. The molecule has 0 atom stereocenters. The SMILES string of the molecule is CCCNc1nc(-c2ccc(Cl)cc2Br)nc(C)c1C. The Morgan fingerprint density at radius 2 is 2.00 bits per heavy atom. The maximum atomic E-state index is 5.98. The first-order chi connectivity index (χ1) is 9.52. The highest BCUT2D eigenvalue weighted by molar-refractivity contribution is 9.10. The van der Waals surface area contributed by atoms with E-state index in [1.165, 1.54) is 0 Å². The first-order valence-electron chi connectivity index (χ1n) is 6.57. The Kier molecular flexibility index (Phi) is 5.00. The number of aryl methyl sites for hydroxylation is 1. The summed E-state index contributed by atoms with van der Waals surface area (Å²) in [6.07, 6.45) is 1.06. The molecule has 1 N–H and O–H groups in total. The molecule has 5 heteroatoms. The number of anilines is 1. The molecule has 1 heterocycles. The summed E-state index contributed by atoms with van der Waals surface area (Å²) in [6, 6.07) is 5.63. The first-order valence-corrected chi connectivity index (χ1v) is 7.74. The third-order valence-corrected chi connectivity index (χ3v) is 3.99. The number of aromatic nitrogens is 2. The third kappa shape index (κ3) is 3.30. The summed E-state index contributed by atoms with van der Waals surface area (Å²) < 4.78 is 0.898. The maximum absolute atomic E-state index is 5.98. The maximum Gasteiger partial charge on any atom is 0.162 e. The van der Waals surface area contributed by atoms with Crippen LogP contribution in [0, 0.1) is 13.8 Å². The molecule has 0 aliphatic carbocycles. The van der Waals surface area contributed by atoms with Gasteiger partial charge in [-0.15, -0.1) is 0 Å². The van der Waals surface area contributed by atoms with E-state index in [1.54, 1.807) is 0 Å². The van der Waals surface area contributed by atoms with E-state index < -0.39 is 0 Å². The van der Waals surface area contributed by atoms with Crippen molar-refractivity contribution in [1.29, 1.82) is 0 Å². The largest absolute Gasteiger partial charge is 0.370 e. The van der Waals surface area contributed by atoms with Crippen LogP contribution in [0.15, 0.2) is 22.7 Å². The molecule has 20 heavy (non-hydrogen) atoms. The van der Waals surface area contributed by atoms with Crippen LogP contribution in [0.1, 0.15) is 24.6 Å². The van der Waals surface area contributed by atoms with Crippen LogP contribution in [0.4, 0.5) is 5.82 Å². The van der Waals surface area contributed by atoms with E-state index in [0.717, 1.165) is 40.1 Å². The van der Waals surface area contributed by atoms with Crippen molar-refractivity contribution in [1.82, 2.24) is 9.97 Å². The summed E-state index contributed by atoms with van der Waals surface area (Å²) in [6.45, 7) is 7.07. The van der Waals surface area contributed by atoms with Gasteiger partial charge in [0.25, 0.3) is 0 Å². The molecule has 1 aromatic carbocycles. The molecule has 0 saturated carbocycles. The monoisotopic (exact) mass is 353 g/mol. The van der Waals surface area contributed by atoms with Gasteiger partial charge >= 0.3 is 0 Å². The Hall–Kier alpha value is -1.13. The normalized spacial score (nSPS) is 10.7. The van der Waals surface area contributed by atoms with Crippen molar-refractivity contribution in [2.24, 2.45) is 0 Å². The van der Waals surface area contributed by atoms with Gasteiger partial charge < -0.3 is 5.32 Å². The highest BCUT2D eigenvalue weighted by Gasteiger charge is 2.12. The van der Waals surface area contributed by atoms with Gasteiger partial charge in [0, 0.05) is 32.9 Å². The van der Waals surface area contributed by atoms with Gasteiger partial charge in [-0.05, 0) is 54.4 Å². The smallest absolute Gasteiger partial charge is 0.162 e. The topological polar surface area (TPSA) is 37.8 Å². The second-order valence-electron chi connectivity index (χ2n) is 4.66. The zero-order chi connectivity index (χ0) is 14.7. The molecule has 1 aromatic heterocycles. The van der Waals surface area contributed by atoms with Gasteiger partial charge in [-0.25, -0.2) is 9.97 Å². The number of hydrogen-bond acceptors (Lipinski definition) is 3. The number of nitrogens with zero attached hydrogens (tertiary/aromatic N) is 2. The number of halogens is 2. The van der Waals surface area contributed by atoms with Gasteiger partial charge in [0.1, 0.15) is 5.82 Å². The third-order valence-electron chi connectivity index (χ3n) is 3.10.